The second-order valence-corrected chi connectivity index (χ2v) is 6.33. The molecule has 0 aromatic carbocycles. The maximum Gasteiger partial charge on any atom is 0.345 e. The SMILES string of the molecule is O=C(O)c1ccc(C(=O)N2CC3CCC(O)C3C2)s1. The molecule has 1 amide bonds. The van der Waals surface area contributed by atoms with Crippen LogP contribution in [0.2, 0.25) is 0 Å². The van der Waals surface area contributed by atoms with Gasteiger partial charge in [0.05, 0.1) is 11.0 Å². The average Bonchev–Trinajstić information content (AvgIpc) is 3.05. The lowest BCUT2D eigenvalue weighted by Crippen LogP contribution is -2.30. The summed E-state index contributed by atoms with van der Waals surface area (Å²) >= 11 is 1.01. The number of likely N-dealkylation sites (tertiary alicyclic amines) is 1. The maximum absolute atomic E-state index is 12.3. The summed E-state index contributed by atoms with van der Waals surface area (Å²) in [5.41, 5.74) is 0. The summed E-state index contributed by atoms with van der Waals surface area (Å²) in [6.45, 7) is 1.27. The molecule has 3 rings (SSSR count). The highest BCUT2D eigenvalue weighted by molar-refractivity contribution is 7.15. The normalized spacial score (nSPS) is 29.5. The number of aliphatic hydroxyl groups is 1. The summed E-state index contributed by atoms with van der Waals surface area (Å²) in [6.07, 6.45) is 1.51. The van der Waals surface area contributed by atoms with Gasteiger partial charge in [0.15, 0.2) is 0 Å². The van der Waals surface area contributed by atoms with Crippen molar-refractivity contribution in [3.63, 3.8) is 0 Å². The monoisotopic (exact) mass is 281 g/mol. The van der Waals surface area contributed by atoms with Crippen molar-refractivity contribution in [2.24, 2.45) is 11.8 Å². The summed E-state index contributed by atoms with van der Waals surface area (Å²) < 4.78 is 0. The zero-order chi connectivity index (χ0) is 13.6. The van der Waals surface area contributed by atoms with Crippen LogP contribution in [0.3, 0.4) is 0 Å². The summed E-state index contributed by atoms with van der Waals surface area (Å²) in [4.78, 5) is 25.5. The summed E-state index contributed by atoms with van der Waals surface area (Å²) in [7, 11) is 0. The van der Waals surface area contributed by atoms with Crippen LogP contribution in [0.4, 0.5) is 0 Å². The fourth-order valence-corrected chi connectivity index (χ4v) is 3.94. The molecule has 2 aliphatic rings. The van der Waals surface area contributed by atoms with Crippen LogP contribution in [0.15, 0.2) is 12.1 Å². The Morgan fingerprint density at radius 2 is 1.95 bits per heavy atom. The molecule has 2 fully saturated rings. The van der Waals surface area contributed by atoms with Crippen molar-refractivity contribution in [2.75, 3.05) is 13.1 Å². The minimum Gasteiger partial charge on any atom is -0.477 e. The zero-order valence-electron chi connectivity index (χ0n) is 10.3. The fourth-order valence-electron chi connectivity index (χ4n) is 3.13. The van der Waals surface area contributed by atoms with Gasteiger partial charge in [-0.15, -0.1) is 11.3 Å². The standard InChI is InChI=1S/C13H15NO4S/c15-9-2-1-7-5-14(6-8(7)9)12(16)10-3-4-11(19-10)13(17)18/h3-4,7-9,15H,1-2,5-6H2,(H,17,18). The molecule has 5 nitrogen and oxygen atoms in total. The number of rotatable bonds is 2. The van der Waals surface area contributed by atoms with Gasteiger partial charge in [-0.3, -0.25) is 4.79 Å². The van der Waals surface area contributed by atoms with E-state index in [-0.39, 0.29) is 22.8 Å². The fraction of sp³-hybridized carbons (Fsp3) is 0.538. The molecular formula is C13H15NO4S. The maximum atomic E-state index is 12.3. The Morgan fingerprint density at radius 3 is 2.58 bits per heavy atom. The van der Waals surface area contributed by atoms with Crippen LogP contribution in [0, 0.1) is 11.8 Å². The van der Waals surface area contributed by atoms with Crippen molar-refractivity contribution >= 4 is 23.2 Å². The molecule has 2 N–H and O–H groups in total. The minimum atomic E-state index is -1.00. The van der Waals surface area contributed by atoms with Gasteiger partial charge in [-0.05, 0) is 30.9 Å². The van der Waals surface area contributed by atoms with Crippen molar-refractivity contribution in [3.05, 3.63) is 21.9 Å². The number of amides is 1. The van der Waals surface area contributed by atoms with E-state index in [1.807, 2.05) is 0 Å². The molecule has 0 radical (unpaired) electrons. The van der Waals surface area contributed by atoms with E-state index in [0.29, 0.717) is 23.9 Å². The smallest absolute Gasteiger partial charge is 0.345 e. The number of nitrogens with zero attached hydrogens (tertiary/aromatic N) is 1. The topological polar surface area (TPSA) is 77.8 Å². The molecule has 1 aromatic heterocycles. The Labute approximate surface area is 114 Å². The van der Waals surface area contributed by atoms with E-state index in [1.54, 1.807) is 11.0 Å². The summed E-state index contributed by atoms with van der Waals surface area (Å²) in [5, 5.41) is 18.7. The molecule has 0 spiro atoms. The van der Waals surface area contributed by atoms with Crippen LogP contribution >= 0.6 is 11.3 Å². The predicted octanol–water partition coefficient (Wildman–Crippen LogP) is 1.29. The third kappa shape index (κ3) is 2.15. The highest BCUT2D eigenvalue weighted by Crippen LogP contribution is 2.38. The molecule has 3 atom stereocenters. The molecule has 2 heterocycles. The van der Waals surface area contributed by atoms with E-state index in [2.05, 4.69) is 0 Å². The molecule has 1 aliphatic carbocycles. The summed E-state index contributed by atoms with van der Waals surface area (Å²) in [6, 6.07) is 3.03. The first-order chi connectivity index (χ1) is 9.06. The lowest BCUT2D eigenvalue weighted by molar-refractivity contribution is 0.0701. The highest BCUT2D eigenvalue weighted by Gasteiger charge is 2.43. The van der Waals surface area contributed by atoms with Gasteiger partial charge in [-0.1, -0.05) is 0 Å². The van der Waals surface area contributed by atoms with Gasteiger partial charge in [0.25, 0.3) is 5.91 Å². The summed E-state index contributed by atoms with van der Waals surface area (Å²) in [5.74, 6) is -0.516. The third-order valence-corrected chi connectivity index (χ3v) is 5.20. The van der Waals surface area contributed by atoms with Gasteiger partial charge >= 0.3 is 5.97 Å². The van der Waals surface area contributed by atoms with Crippen molar-refractivity contribution in [3.8, 4) is 0 Å². The molecule has 1 aromatic rings. The highest BCUT2D eigenvalue weighted by atomic mass is 32.1. The Balaban J connectivity index is 1.73. The van der Waals surface area contributed by atoms with Crippen LogP contribution in [0.1, 0.15) is 32.2 Å². The van der Waals surface area contributed by atoms with Crippen molar-refractivity contribution < 1.29 is 19.8 Å². The van der Waals surface area contributed by atoms with Crippen LogP contribution in [0.5, 0.6) is 0 Å². The van der Waals surface area contributed by atoms with E-state index in [1.165, 1.54) is 6.07 Å². The first-order valence-corrected chi connectivity index (χ1v) is 7.18. The number of hydrogen-bond acceptors (Lipinski definition) is 4. The van der Waals surface area contributed by atoms with Gasteiger partial charge in [-0.2, -0.15) is 0 Å². The number of carboxylic acids is 1. The van der Waals surface area contributed by atoms with E-state index in [9.17, 15) is 14.7 Å². The Hall–Kier alpha value is -1.40. The predicted molar refractivity (Wildman–Crippen MR) is 69.4 cm³/mol. The Bertz CT molecular complexity index is 526. The van der Waals surface area contributed by atoms with Crippen molar-refractivity contribution in [2.45, 2.75) is 18.9 Å². The average molecular weight is 281 g/mol. The van der Waals surface area contributed by atoms with E-state index in [0.717, 1.165) is 24.2 Å². The molecule has 3 unspecified atom stereocenters. The van der Waals surface area contributed by atoms with Crippen LogP contribution in [-0.4, -0.2) is 46.2 Å². The van der Waals surface area contributed by atoms with Gasteiger partial charge < -0.3 is 15.1 Å². The van der Waals surface area contributed by atoms with Crippen LogP contribution < -0.4 is 0 Å². The zero-order valence-corrected chi connectivity index (χ0v) is 11.1. The van der Waals surface area contributed by atoms with Crippen LogP contribution in [0.25, 0.3) is 0 Å². The number of carboxylic acid groups (broad SMARTS) is 1. The second kappa shape index (κ2) is 4.61. The molecule has 6 heteroatoms. The molecule has 1 aliphatic heterocycles. The largest absolute Gasteiger partial charge is 0.477 e. The van der Waals surface area contributed by atoms with Crippen molar-refractivity contribution in [1.29, 1.82) is 0 Å². The number of carbonyl (C=O) groups is 2. The van der Waals surface area contributed by atoms with Gasteiger partial charge in [0.2, 0.25) is 0 Å². The number of thiophene rings is 1. The molecule has 19 heavy (non-hydrogen) atoms. The first-order valence-electron chi connectivity index (χ1n) is 6.36. The lowest BCUT2D eigenvalue weighted by atomic mass is 10.00. The minimum absolute atomic E-state index is 0.112. The number of aliphatic hydroxyl groups excluding tert-OH is 1. The van der Waals surface area contributed by atoms with E-state index in [4.69, 9.17) is 5.11 Å². The van der Waals surface area contributed by atoms with Gasteiger partial charge in [0, 0.05) is 19.0 Å². The molecular weight excluding hydrogens is 266 g/mol. The van der Waals surface area contributed by atoms with Crippen molar-refractivity contribution in [1.82, 2.24) is 4.90 Å². The number of fused-ring (bicyclic) bond motifs is 1. The van der Waals surface area contributed by atoms with E-state index < -0.39 is 5.97 Å². The lowest BCUT2D eigenvalue weighted by Gasteiger charge is -2.17. The quantitative estimate of drug-likeness (QED) is 0.856. The Morgan fingerprint density at radius 1 is 1.21 bits per heavy atom. The molecule has 102 valence electrons. The number of carbonyl (C=O) groups excluding carboxylic acids is 1. The van der Waals surface area contributed by atoms with Gasteiger partial charge in [0.1, 0.15) is 4.88 Å². The number of hydrogen-bond donors (Lipinski definition) is 2. The molecule has 0 bridgehead atoms. The van der Waals surface area contributed by atoms with E-state index >= 15 is 0 Å². The first kappa shape index (κ1) is 12.6. The van der Waals surface area contributed by atoms with Gasteiger partial charge in [-0.25, -0.2) is 4.79 Å². The molecule has 1 saturated carbocycles. The molecule has 1 saturated heterocycles. The Kier molecular flexibility index (Phi) is 3.06. The second-order valence-electron chi connectivity index (χ2n) is 5.25. The number of aromatic carboxylic acids is 1. The van der Waals surface area contributed by atoms with Crippen LogP contribution in [-0.2, 0) is 0 Å². The third-order valence-electron chi connectivity index (χ3n) is 4.13.